The van der Waals surface area contributed by atoms with Gasteiger partial charge in [-0.1, -0.05) is 11.6 Å². The van der Waals surface area contributed by atoms with E-state index in [9.17, 15) is 4.79 Å². The Bertz CT molecular complexity index is 684. The summed E-state index contributed by atoms with van der Waals surface area (Å²) in [6.07, 6.45) is 0.722. The topological polar surface area (TPSA) is 47.8 Å². The van der Waals surface area contributed by atoms with Gasteiger partial charge in [-0.2, -0.15) is 0 Å². The summed E-state index contributed by atoms with van der Waals surface area (Å²) in [5.74, 6) is 1.57. The van der Waals surface area contributed by atoms with Crippen molar-refractivity contribution in [3.63, 3.8) is 0 Å². The van der Waals surface area contributed by atoms with Gasteiger partial charge in [0.2, 0.25) is 0 Å². The summed E-state index contributed by atoms with van der Waals surface area (Å²) in [5, 5.41) is 8.71. The maximum atomic E-state index is 12.2. The molecule has 4 nitrogen and oxygen atoms in total. The van der Waals surface area contributed by atoms with Crippen LogP contribution in [0, 0.1) is 6.92 Å². The Morgan fingerprint density at radius 2 is 2.22 bits per heavy atom. The van der Waals surface area contributed by atoms with Crippen LogP contribution in [0.5, 0.6) is 0 Å². The molecule has 0 unspecified atom stereocenters. The molecule has 1 aromatic carbocycles. The summed E-state index contributed by atoms with van der Waals surface area (Å²) in [6.45, 7) is 1.68. The molecule has 1 aliphatic rings. The predicted octanol–water partition coefficient (Wildman–Crippen LogP) is 2.24. The molecule has 0 N–H and O–H groups in total. The largest absolute Gasteiger partial charge is 0.279 e. The second kappa shape index (κ2) is 4.40. The van der Waals surface area contributed by atoms with Crippen molar-refractivity contribution in [2.45, 2.75) is 18.2 Å². The summed E-state index contributed by atoms with van der Waals surface area (Å²) in [6, 6.07) is 5.54. The summed E-state index contributed by atoms with van der Waals surface area (Å²) in [7, 11) is 0. The number of aryl methyl sites for hydroxylation is 2. The highest BCUT2D eigenvalue weighted by Crippen LogP contribution is 2.31. The Hall–Kier alpha value is -1.33. The first-order valence-corrected chi connectivity index (χ1v) is 6.91. The Balaban J connectivity index is 2.36. The van der Waals surface area contributed by atoms with Gasteiger partial charge in [0.1, 0.15) is 11.5 Å². The Labute approximate surface area is 113 Å². The van der Waals surface area contributed by atoms with Crippen LogP contribution in [-0.2, 0) is 6.42 Å². The van der Waals surface area contributed by atoms with Crippen molar-refractivity contribution >= 4 is 23.4 Å². The third kappa shape index (κ3) is 1.83. The number of halogens is 1. The summed E-state index contributed by atoms with van der Waals surface area (Å²) in [4.78, 5) is 13.2. The fraction of sp³-hybridized carbons (Fsp3) is 0.250. The second-order valence-corrected chi connectivity index (χ2v) is 5.63. The van der Waals surface area contributed by atoms with Crippen LogP contribution in [0.25, 0.3) is 5.69 Å². The Morgan fingerprint density at radius 1 is 1.39 bits per heavy atom. The lowest BCUT2D eigenvalue weighted by Crippen LogP contribution is -2.27. The summed E-state index contributed by atoms with van der Waals surface area (Å²) in [5.41, 5.74) is 1.15. The van der Waals surface area contributed by atoms with Crippen LogP contribution in [0.2, 0.25) is 5.02 Å². The molecular weight excluding hydrogens is 270 g/mol. The van der Waals surface area contributed by atoms with Gasteiger partial charge in [0, 0.05) is 22.1 Å². The van der Waals surface area contributed by atoms with Crippen LogP contribution >= 0.6 is 23.4 Å². The fourth-order valence-electron chi connectivity index (χ4n) is 1.95. The summed E-state index contributed by atoms with van der Waals surface area (Å²) < 4.78 is 1.65. The van der Waals surface area contributed by atoms with Crippen molar-refractivity contribution in [1.29, 1.82) is 0 Å². The van der Waals surface area contributed by atoms with Gasteiger partial charge in [0.25, 0.3) is 5.56 Å². The van der Waals surface area contributed by atoms with Crippen LogP contribution in [0.3, 0.4) is 0 Å². The van der Waals surface area contributed by atoms with Gasteiger partial charge in [-0.25, -0.2) is 0 Å². The van der Waals surface area contributed by atoms with E-state index in [0.717, 1.165) is 22.8 Å². The lowest BCUT2D eigenvalue weighted by atomic mass is 10.3. The number of rotatable bonds is 0. The average Bonchev–Trinajstić information content (AvgIpc) is 2.53. The summed E-state index contributed by atoms with van der Waals surface area (Å²) >= 11 is 7.68. The normalized spacial score (nSPS) is 13.7. The quantitative estimate of drug-likeness (QED) is 0.742. The maximum Gasteiger partial charge on any atom is 0.279 e. The molecule has 0 fully saturated rings. The third-order valence-corrected chi connectivity index (χ3v) is 4.11. The second-order valence-electron chi connectivity index (χ2n) is 4.05. The molecule has 0 bridgehead atoms. The van der Waals surface area contributed by atoms with Gasteiger partial charge < -0.3 is 0 Å². The zero-order chi connectivity index (χ0) is 12.7. The van der Waals surface area contributed by atoms with Crippen molar-refractivity contribution in [3.05, 3.63) is 45.1 Å². The Kier molecular flexibility index (Phi) is 2.87. The van der Waals surface area contributed by atoms with Crippen LogP contribution in [0.1, 0.15) is 11.5 Å². The number of benzene rings is 1. The minimum Gasteiger partial charge on any atom is -0.267 e. The molecule has 1 aliphatic heterocycles. The lowest BCUT2D eigenvalue weighted by molar-refractivity contribution is 0.737. The lowest BCUT2D eigenvalue weighted by Gasteiger charge is -2.11. The molecule has 6 heteroatoms. The van der Waals surface area contributed by atoms with E-state index in [0.29, 0.717) is 16.5 Å². The maximum absolute atomic E-state index is 12.2. The van der Waals surface area contributed by atoms with Crippen LogP contribution < -0.4 is 5.56 Å². The molecule has 92 valence electrons. The minimum atomic E-state index is -0.105. The van der Waals surface area contributed by atoms with E-state index in [-0.39, 0.29) is 5.56 Å². The van der Waals surface area contributed by atoms with E-state index >= 15 is 0 Å². The van der Waals surface area contributed by atoms with Gasteiger partial charge in [-0.05, 0) is 25.1 Å². The first-order chi connectivity index (χ1) is 8.66. The van der Waals surface area contributed by atoms with E-state index in [4.69, 9.17) is 11.6 Å². The molecule has 0 aliphatic carbocycles. The zero-order valence-corrected chi connectivity index (χ0v) is 11.3. The van der Waals surface area contributed by atoms with Crippen molar-refractivity contribution in [1.82, 2.24) is 14.8 Å². The molecule has 0 spiro atoms. The van der Waals surface area contributed by atoms with E-state index in [1.54, 1.807) is 29.3 Å². The number of hydrogen-bond donors (Lipinski definition) is 0. The van der Waals surface area contributed by atoms with Crippen LogP contribution in [0.15, 0.2) is 27.9 Å². The molecule has 2 aromatic rings. The number of fused-ring (bicyclic) bond motifs is 3. The van der Waals surface area contributed by atoms with Gasteiger partial charge >= 0.3 is 0 Å². The number of thioether (sulfide) groups is 1. The van der Waals surface area contributed by atoms with Gasteiger partial charge in [0.05, 0.1) is 5.69 Å². The molecule has 2 heterocycles. The van der Waals surface area contributed by atoms with Crippen molar-refractivity contribution < 1.29 is 0 Å². The van der Waals surface area contributed by atoms with Crippen LogP contribution in [0.4, 0.5) is 0 Å². The smallest absolute Gasteiger partial charge is 0.267 e. The molecule has 0 radical (unpaired) electrons. The zero-order valence-electron chi connectivity index (χ0n) is 9.68. The standard InChI is InChI=1S/C12H10ClN3OS/c1-7-12(17)16-9-3-2-8(13)6-10(9)18-5-4-11(16)15-14-7/h2-3,6H,4-5H2,1H3. The van der Waals surface area contributed by atoms with Gasteiger partial charge in [-0.3, -0.25) is 9.36 Å². The van der Waals surface area contributed by atoms with Crippen molar-refractivity contribution in [2.75, 3.05) is 5.75 Å². The van der Waals surface area contributed by atoms with E-state index in [1.165, 1.54) is 0 Å². The van der Waals surface area contributed by atoms with E-state index in [2.05, 4.69) is 10.2 Å². The molecule has 0 atom stereocenters. The van der Waals surface area contributed by atoms with E-state index in [1.807, 2.05) is 12.1 Å². The molecule has 0 amide bonds. The molecular formula is C12H10ClN3OS. The van der Waals surface area contributed by atoms with E-state index < -0.39 is 0 Å². The average molecular weight is 280 g/mol. The third-order valence-electron chi connectivity index (χ3n) is 2.83. The van der Waals surface area contributed by atoms with Gasteiger partial charge in [0.15, 0.2) is 0 Å². The monoisotopic (exact) mass is 279 g/mol. The molecule has 0 saturated heterocycles. The van der Waals surface area contributed by atoms with Crippen molar-refractivity contribution in [3.8, 4) is 5.69 Å². The highest BCUT2D eigenvalue weighted by molar-refractivity contribution is 7.99. The highest BCUT2D eigenvalue weighted by Gasteiger charge is 2.18. The molecule has 1 aromatic heterocycles. The minimum absolute atomic E-state index is 0.105. The first-order valence-electron chi connectivity index (χ1n) is 5.55. The SMILES string of the molecule is Cc1nnc2n(c1=O)-c1ccc(Cl)cc1SCC2. The fourth-order valence-corrected chi connectivity index (χ4v) is 3.21. The first kappa shape index (κ1) is 11.7. The molecule has 3 rings (SSSR count). The highest BCUT2D eigenvalue weighted by atomic mass is 35.5. The Morgan fingerprint density at radius 3 is 3.06 bits per heavy atom. The number of nitrogens with zero attached hydrogens (tertiary/aromatic N) is 3. The molecule has 18 heavy (non-hydrogen) atoms. The molecule has 0 saturated carbocycles. The number of hydrogen-bond acceptors (Lipinski definition) is 4. The van der Waals surface area contributed by atoms with Gasteiger partial charge in [-0.15, -0.1) is 22.0 Å². The number of aromatic nitrogens is 3. The van der Waals surface area contributed by atoms with Crippen molar-refractivity contribution in [2.24, 2.45) is 0 Å². The van der Waals surface area contributed by atoms with Crippen LogP contribution in [-0.4, -0.2) is 20.5 Å². The predicted molar refractivity (Wildman–Crippen MR) is 71.8 cm³/mol.